The molecule has 0 atom stereocenters. The first-order valence-corrected chi connectivity index (χ1v) is 5.43. The molecular formula is C8H8INS. The number of allylic oxidation sites excluding steroid dienone is 1. The van der Waals surface area contributed by atoms with Crippen molar-refractivity contribution in [1.29, 1.82) is 0 Å². The van der Waals surface area contributed by atoms with Gasteiger partial charge in [0.2, 0.25) is 0 Å². The van der Waals surface area contributed by atoms with Crippen molar-refractivity contribution < 1.29 is 0 Å². The summed E-state index contributed by atoms with van der Waals surface area (Å²) in [5, 5.41) is 1.29. The Bertz CT molecular complexity index is 284. The van der Waals surface area contributed by atoms with Crippen molar-refractivity contribution in [1.82, 2.24) is 4.98 Å². The first-order valence-electron chi connectivity index (χ1n) is 3.53. The Hall–Kier alpha value is 0.1000. The molecule has 1 aliphatic rings. The van der Waals surface area contributed by atoms with Crippen LogP contribution >= 0.6 is 33.9 Å². The van der Waals surface area contributed by atoms with Gasteiger partial charge >= 0.3 is 0 Å². The molecule has 11 heavy (non-hydrogen) atoms. The Kier molecular flexibility index (Phi) is 2.01. The van der Waals surface area contributed by atoms with Gasteiger partial charge in [0, 0.05) is 5.92 Å². The summed E-state index contributed by atoms with van der Waals surface area (Å²) in [5.74, 6) is 0.691. The highest BCUT2D eigenvalue weighted by molar-refractivity contribution is 14.1. The molecule has 0 saturated heterocycles. The lowest BCUT2D eigenvalue weighted by Gasteiger charge is -2.25. The van der Waals surface area contributed by atoms with Gasteiger partial charge in [-0.05, 0) is 35.4 Å². The van der Waals surface area contributed by atoms with Crippen LogP contribution in [0.5, 0.6) is 0 Å². The average molecular weight is 277 g/mol. The van der Waals surface area contributed by atoms with Gasteiger partial charge in [0.1, 0.15) is 0 Å². The first kappa shape index (κ1) is 7.73. The van der Waals surface area contributed by atoms with Crippen molar-refractivity contribution in [2.24, 2.45) is 0 Å². The summed E-state index contributed by atoms with van der Waals surface area (Å²) in [4.78, 5) is 4.34. The monoisotopic (exact) mass is 277 g/mol. The van der Waals surface area contributed by atoms with E-state index in [2.05, 4.69) is 34.2 Å². The third-order valence-electron chi connectivity index (χ3n) is 1.91. The van der Waals surface area contributed by atoms with Gasteiger partial charge in [-0.2, -0.15) is 0 Å². The van der Waals surface area contributed by atoms with E-state index in [1.807, 2.05) is 17.5 Å². The van der Waals surface area contributed by atoms with E-state index in [-0.39, 0.29) is 0 Å². The van der Waals surface area contributed by atoms with Gasteiger partial charge in [-0.1, -0.05) is 12.2 Å². The molecule has 0 aliphatic heterocycles. The zero-order valence-corrected chi connectivity index (χ0v) is 8.98. The number of rotatable bonds is 1. The van der Waals surface area contributed by atoms with Crippen LogP contribution in [0.4, 0.5) is 0 Å². The fourth-order valence-corrected chi connectivity index (χ4v) is 2.83. The quantitative estimate of drug-likeness (QED) is 0.567. The molecule has 1 fully saturated rings. The predicted molar refractivity (Wildman–Crippen MR) is 55.9 cm³/mol. The normalized spacial score (nSPS) is 18.5. The lowest BCUT2D eigenvalue weighted by atomic mass is 9.82. The van der Waals surface area contributed by atoms with Crippen LogP contribution in [0.15, 0.2) is 18.3 Å². The molecule has 1 aromatic rings. The highest BCUT2D eigenvalue weighted by Gasteiger charge is 2.25. The fourth-order valence-electron chi connectivity index (χ4n) is 1.27. The Labute approximate surface area is 83.7 Å². The van der Waals surface area contributed by atoms with E-state index in [0.717, 1.165) is 12.8 Å². The van der Waals surface area contributed by atoms with Crippen LogP contribution in [0.25, 0.3) is 0 Å². The summed E-state index contributed by atoms with van der Waals surface area (Å²) in [6.45, 7) is 3.92. The van der Waals surface area contributed by atoms with Crippen molar-refractivity contribution >= 4 is 33.9 Å². The van der Waals surface area contributed by atoms with Gasteiger partial charge in [-0.15, -0.1) is 11.3 Å². The lowest BCUT2D eigenvalue weighted by molar-refractivity contribution is 0.550. The largest absolute Gasteiger partial charge is 0.248 e. The number of hydrogen-bond donors (Lipinski definition) is 0. The van der Waals surface area contributed by atoms with Gasteiger partial charge < -0.3 is 0 Å². The molecule has 1 nitrogen and oxygen atoms in total. The van der Waals surface area contributed by atoms with Crippen LogP contribution in [-0.4, -0.2) is 4.98 Å². The number of hydrogen-bond acceptors (Lipinski definition) is 2. The zero-order chi connectivity index (χ0) is 7.84. The second kappa shape index (κ2) is 2.86. The molecule has 1 aromatic heterocycles. The molecule has 1 heterocycles. The van der Waals surface area contributed by atoms with E-state index in [1.54, 1.807) is 0 Å². The Morgan fingerprint density at radius 2 is 2.36 bits per heavy atom. The maximum atomic E-state index is 4.34. The van der Waals surface area contributed by atoms with Crippen LogP contribution in [-0.2, 0) is 0 Å². The second-order valence-electron chi connectivity index (χ2n) is 2.86. The lowest BCUT2D eigenvalue weighted by Crippen LogP contribution is -2.10. The van der Waals surface area contributed by atoms with Crippen molar-refractivity contribution in [2.75, 3.05) is 0 Å². The van der Waals surface area contributed by atoms with Gasteiger partial charge in [0.15, 0.2) is 0 Å². The summed E-state index contributed by atoms with van der Waals surface area (Å²) >= 11 is 4.12. The molecule has 0 amide bonds. The summed E-state index contributed by atoms with van der Waals surface area (Å²) in [6.07, 6.45) is 4.26. The molecule has 0 aromatic carbocycles. The number of nitrogens with zero attached hydrogens (tertiary/aromatic N) is 1. The molecule has 2 rings (SSSR count). The van der Waals surface area contributed by atoms with E-state index < -0.39 is 0 Å². The third-order valence-corrected chi connectivity index (χ3v) is 3.80. The SMILES string of the molecule is C=C1CC(c2ncc(I)s2)C1. The van der Waals surface area contributed by atoms with Gasteiger partial charge in [-0.3, -0.25) is 0 Å². The average Bonchev–Trinajstić information content (AvgIpc) is 2.29. The number of aromatic nitrogens is 1. The molecule has 58 valence electrons. The van der Waals surface area contributed by atoms with E-state index in [1.165, 1.54) is 13.5 Å². The molecule has 0 spiro atoms. The van der Waals surface area contributed by atoms with Crippen molar-refractivity contribution in [3.63, 3.8) is 0 Å². The van der Waals surface area contributed by atoms with Crippen LogP contribution in [0.3, 0.4) is 0 Å². The maximum Gasteiger partial charge on any atom is 0.0973 e. The second-order valence-corrected chi connectivity index (χ2v) is 5.81. The first-order chi connectivity index (χ1) is 5.25. The van der Waals surface area contributed by atoms with Crippen molar-refractivity contribution in [3.05, 3.63) is 26.2 Å². The Balaban J connectivity index is 2.12. The van der Waals surface area contributed by atoms with E-state index in [9.17, 15) is 0 Å². The minimum absolute atomic E-state index is 0.691. The van der Waals surface area contributed by atoms with E-state index in [4.69, 9.17) is 0 Å². The van der Waals surface area contributed by atoms with Gasteiger partial charge in [-0.25, -0.2) is 4.98 Å². The topological polar surface area (TPSA) is 12.9 Å². The molecule has 0 N–H and O–H groups in total. The van der Waals surface area contributed by atoms with E-state index in [0.29, 0.717) is 5.92 Å². The number of thiazole rings is 1. The highest BCUT2D eigenvalue weighted by Crippen LogP contribution is 2.41. The molecule has 0 unspecified atom stereocenters. The number of halogens is 1. The molecule has 0 radical (unpaired) electrons. The van der Waals surface area contributed by atoms with Gasteiger partial charge in [0.05, 0.1) is 14.1 Å². The van der Waals surface area contributed by atoms with Crippen LogP contribution in [0.1, 0.15) is 23.8 Å². The van der Waals surface area contributed by atoms with Crippen molar-refractivity contribution in [3.8, 4) is 0 Å². The minimum atomic E-state index is 0.691. The Morgan fingerprint density at radius 1 is 1.64 bits per heavy atom. The Morgan fingerprint density at radius 3 is 2.82 bits per heavy atom. The third kappa shape index (κ3) is 1.49. The van der Waals surface area contributed by atoms with Crippen molar-refractivity contribution in [2.45, 2.75) is 18.8 Å². The molecular weight excluding hydrogens is 269 g/mol. The fraction of sp³-hybridized carbons (Fsp3) is 0.375. The molecule has 0 bridgehead atoms. The highest BCUT2D eigenvalue weighted by atomic mass is 127. The van der Waals surface area contributed by atoms with Gasteiger partial charge in [0.25, 0.3) is 0 Å². The van der Waals surface area contributed by atoms with Crippen LogP contribution in [0.2, 0.25) is 0 Å². The van der Waals surface area contributed by atoms with E-state index >= 15 is 0 Å². The molecule has 3 heteroatoms. The molecule has 1 saturated carbocycles. The summed E-state index contributed by atoms with van der Waals surface area (Å²) in [7, 11) is 0. The zero-order valence-electron chi connectivity index (χ0n) is 6.01. The van der Waals surface area contributed by atoms with Crippen LogP contribution in [0, 0.1) is 2.88 Å². The predicted octanol–water partition coefficient (Wildman–Crippen LogP) is 3.18. The maximum absolute atomic E-state index is 4.34. The summed E-state index contributed by atoms with van der Waals surface area (Å²) in [6, 6.07) is 0. The van der Waals surface area contributed by atoms with Crippen LogP contribution < -0.4 is 0 Å². The molecule has 1 aliphatic carbocycles. The summed E-state index contributed by atoms with van der Waals surface area (Å²) < 4.78 is 1.29. The smallest absolute Gasteiger partial charge is 0.0973 e. The minimum Gasteiger partial charge on any atom is -0.248 e. The standard InChI is InChI=1S/C8H8INS/c1-5-2-6(3-5)8-10-4-7(9)11-8/h4,6H,1-3H2. The summed E-state index contributed by atoms with van der Waals surface area (Å²) in [5.41, 5.74) is 1.38.